The van der Waals surface area contributed by atoms with Crippen LogP contribution in [0.3, 0.4) is 0 Å². The molecule has 1 aromatic carbocycles. The maximum atomic E-state index is 12.1. The molecule has 138 valence electrons. The number of aryl methyl sites for hydroxylation is 1. The second-order valence-corrected chi connectivity index (χ2v) is 6.74. The molecule has 0 aliphatic heterocycles. The lowest BCUT2D eigenvalue weighted by Crippen LogP contribution is -2.36. The summed E-state index contributed by atoms with van der Waals surface area (Å²) < 4.78 is 4.90. The molecule has 0 radical (unpaired) electrons. The van der Waals surface area contributed by atoms with E-state index in [1.54, 1.807) is 6.07 Å². The number of benzene rings is 1. The molecule has 9 heteroatoms. The van der Waals surface area contributed by atoms with Gasteiger partial charge in [0.25, 0.3) is 5.69 Å². The number of nitrogens with zero attached hydrogens (tertiary/aromatic N) is 2. The molecule has 0 atom stereocenters. The Kier molecular flexibility index (Phi) is 6.29. The van der Waals surface area contributed by atoms with Crippen molar-refractivity contribution in [3.8, 4) is 10.4 Å². The van der Waals surface area contributed by atoms with Crippen molar-refractivity contribution in [2.45, 2.75) is 26.7 Å². The van der Waals surface area contributed by atoms with E-state index in [0.717, 1.165) is 16.2 Å². The number of hydrogen-bond donors (Lipinski definition) is 1. The zero-order chi connectivity index (χ0) is 19.3. The van der Waals surface area contributed by atoms with Crippen LogP contribution in [0.25, 0.3) is 10.4 Å². The van der Waals surface area contributed by atoms with Crippen LogP contribution in [0.2, 0.25) is 0 Å². The summed E-state index contributed by atoms with van der Waals surface area (Å²) in [6.07, 6.45) is -1.48. The number of nitro groups is 1. The van der Waals surface area contributed by atoms with Gasteiger partial charge in [0.15, 0.2) is 0 Å². The number of carbonyl (C=O) groups is 2. The van der Waals surface area contributed by atoms with Gasteiger partial charge in [-0.2, -0.15) is 4.90 Å². The summed E-state index contributed by atoms with van der Waals surface area (Å²) in [5.41, 5.74) is -0.257. The third kappa shape index (κ3) is 4.37. The number of imide groups is 1. The summed E-state index contributed by atoms with van der Waals surface area (Å²) in [6, 6.07) is 7.76. The average Bonchev–Trinajstić information content (AvgIpc) is 3.01. The average molecular weight is 378 g/mol. The van der Waals surface area contributed by atoms with Crippen LogP contribution >= 0.6 is 11.3 Å². The molecule has 0 bridgehead atoms. The molecule has 1 heterocycles. The predicted molar refractivity (Wildman–Crippen MR) is 97.9 cm³/mol. The maximum absolute atomic E-state index is 12.1. The second-order valence-electron chi connectivity index (χ2n) is 5.46. The van der Waals surface area contributed by atoms with Crippen LogP contribution in [-0.2, 0) is 4.74 Å². The molecule has 0 saturated heterocycles. The quantitative estimate of drug-likeness (QED) is 0.428. The van der Waals surface area contributed by atoms with E-state index >= 15 is 0 Å². The molecular weight excluding hydrogens is 360 g/mol. The first-order chi connectivity index (χ1) is 12.3. The highest BCUT2D eigenvalue weighted by molar-refractivity contribution is 7.15. The molecule has 2 rings (SSSR count). The molecular formula is C17H18N2O6S. The fourth-order valence-electron chi connectivity index (χ4n) is 2.25. The van der Waals surface area contributed by atoms with Gasteiger partial charge < -0.3 is 9.84 Å². The van der Waals surface area contributed by atoms with Gasteiger partial charge in [-0.05, 0) is 37.1 Å². The Balaban J connectivity index is 2.43. The Morgan fingerprint density at radius 1 is 1.31 bits per heavy atom. The minimum absolute atomic E-state index is 0.0411. The first-order valence-electron chi connectivity index (χ1n) is 7.90. The molecule has 0 aliphatic rings. The largest absolute Gasteiger partial charge is 0.464 e. The number of carboxylic acid groups (broad SMARTS) is 1. The van der Waals surface area contributed by atoms with Crippen molar-refractivity contribution in [3.63, 3.8) is 0 Å². The minimum atomic E-state index is -1.64. The van der Waals surface area contributed by atoms with Gasteiger partial charge in [-0.25, -0.2) is 9.59 Å². The van der Waals surface area contributed by atoms with Gasteiger partial charge >= 0.3 is 12.2 Å². The summed E-state index contributed by atoms with van der Waals surface area (Å²) in [5.74, 6) is 0. The lowest BCUT2D eigenvalue weighted by molar-refractivity contribution is -0.384. The summed E-state index contributed by atoms with van der Waals surface area (Å²) in [7, 11) is 0. The molecule has 2 aromatic rings. The van der Waals surface area contributed by atoms with E-state index in [1.165, 1.54) is 23.5 Å². The number of ether oxygens (including phenoxy) is 1. The Bertz CT molecular complexity index is 832. The van der Waals surface area contributed by atoms with E-state index in [-0.39, 0.29) is 17.2 Å². The van der Waals surface area contributed by atoms with Gasteiger partial charge in [0.05, 0.1) is 11.5 Å². The minimum Gasteiger partial charge on any atom is -0.464 e. The zero-order valence-corrected chi connectivity index (χ0v) is 15.1. The summed E-state index contributed by atoms with van der Waals surface area (Å²) in [5, 5.41) is 20.8. The molecule has 0 spiro atoms. The monoisotopic (exact) mass is 378 g/mol. The van der Waals surface area contributed by atoms with Gasteiger partial charge in [0, 0.05) is 15.8 Å². The van der Waals surface area contributed by atoms with Crippen LogP contribution in [-0.4, -0.2) is 28.8 Å². The second kappa shape index (κ2) is 8.43. The number of anilines is 1. The third-order valence-corrected chi connectivity index (χ3v) is 4.58. The summed E-state index contributed by atoms with van der Waals surface area (Å²) in [4.78, 5) is 36.5. The molecule has 26 heavy (non-hydrogen) atoms. The molecule has 0 unspecified atom stereocenters. The highest BCUT2D eigenvalue weighted by atomic mass is 32.1. The van der Waals surface area contributed by atoms with E-state index in [4.69, 9.17) is 4.74 Å². The SMILES string of the molecule is CCCCOC(=O)N(C(=O)O)c1ccc(-c2ccc(C)s2)cc1[N+](=O)[O-]. The van der Waals surface area contributed by atoms with Gasteiger partial charge in [0.1, 0.15) is 5.69 Å². The van der Waals surface area contributed by atoms with Gasteiger partial charge in [-0.3, -0.25) is 10.1 Å². The van der Waals surface area contributed by atoms with Crippen molar-refractivity contribution >= 4 is 34.9 Å². The molecule has 8 nitrogen and oxygen atoms in total. The van der Waals surface area contributed by atoms with Gasteiger partial charge in [-0.15, -0.1) is 11.3 Å². The number of amides is 2. The number of carbonyl (C=O) groups excluding carboxylic acids is 1. The van der Waals surface area contributed by atoms with E-state index in [0.29, 0.717) is 12.0 Å². The summed E-state index contributed by atoms with van der Waals surface area (Å²) >= 11 is 1.46. The third-order valence-electron chi connectivity index (χ3n) is 3.54. The Hall–Kier alpha value is -2.94. The normalized spacial score (nSPS) is 10.4. The predicted octanol–water partition coefficient (Wildman–Crippen LogP) is 5.05. The van der Waals surface area contributed by atoms with Crippen molar-refractivity contribution in [1.82, 2.24) is 0 Å². The lowest BCUT2D eigenvalue weighted by Gasteiger charge is -2.17. The number of thiophene rings is 1. The van der Waals surface area contributed by atoms with Crippen molar-refractivity contribution in [3.05, 3.63) is 45.3 Å². The van der Waals surface area contributed by atoms with Crippen molar-refractivity contribution in [2.24, 2.45) is 0 Å². The van der Waals surface area contributed by atoms with Crippen LogP contribution in [0.5, 0.6) is 0 Å². The smallest absolute Gasteiger partial charge is 0.424 e. The lowest BCUT2D eigenvalue weighted by atomic mass is 10.1. The zero-order valence-electron chi connectivity index (χ0n) is 14.3. The first-order valence-corrected chi connectivity index (χ1v) is 8.71. The van der Waals surface area contributed by atoms with Gasteiger partial charge in [0.2, 0.25) is 0 Å². The standard InChI is InChI=1S/C17H18N2O6S/c1-3-4-9-25-17(22)18(16(20)21)13-7-6-12(10-14(13)19(23)24)15-8-5-11(2)26-15/h5-8,10H,3-4,9H2,1-2H3,(H,20,21). The molecule has 0 saturated carbocycles. The van der Waals surface area contributed by atoms with Crippen LogP contribution < -0.4 is 4.90 Å². The Labute approximate surface area is 153 Å². The van der Waals surface area contributed by atoms with Crippen LogP contribution in [0.1, 0.15) is 24.6 Å². The van der Waals surface area contributed by atoms with Crippen molar-refractivity contribution in [2.75, 3.05) is 11.5 Å². The van der Waals surface area contributed by atoms with E-state index in [1.807, 2.05) is 26.0 Å². The van der Waals surface area contributed by atoms with Crippen LogP contribution in [0.4, 0.5) is 21.0 Å². The Morgan fingerprint density at radius 3 is 2.58 bits per heavy atom. The highest BCUT2D eigenvalue weighted by Crippen LogP contribution is 2.36. The van der Waals surface area contributed by atoms with Crippen molar-refractivity contribution in [1.29, 1.82) is 0 Å². The Morgan fingerprint density at radius 2 is 2.04 bits per heavy atom. The van der Waals surface area contributed by atoms with E-state index in [9.17, 15) is 24.8 Å². The number of hydrogen-bond acceptors (Lipinski definition) is 6. The highest BCUT2D eigenvalue weighted by Gasteiger charge is 2.31. The molecule has 1 N–H and O–H groups in total. The fourth-order valence-corrected chi connectivity index (χ4v) is 3.11. The van der Waals surface area contributed by atoms with E-state index in [2.05, 4.69) is 0 Å². The van der Waals surface area contributed by atoms with Crippen LogP contribution in [0.15, 0.2) is 30.3 Å². The topological polar surface area (TPSA) is 110 Å². The number of nitro benzene ring substituents is 1. The molecule has 0 aliphatic carbocycles. The van der Waals surface area contributed by atoms with Crippen LogP contribution in [0, 0.1) is 17.0 Å². The number of rotatable bonds is 6. The first kappa shape index (κ1) is 19.4. The fraction of sp³-hybridized carbons (Fsp3) is 0.294. The van der Waals surface area contributed by atoms with Gasteiger partial charge in [-0.1, -0.05) is 19.4 Å². The van der Waals surface area contributed by atoms with E-state index < -0.39 is 22.8 Å². The molecule has 2 amide bonds. The number of unbranched alkanes of at least 4 members (excludes halogenated alkanes) is 1. The molecule has 1 aromatic heterocycles. The maximum Gasteiger partial charge on any atom is 0.424 e. The van der Waals surface area contributed by atoms with Crippen molar-refractivity contribution < 1.29 is 24.4 Å². The molecule has 0 fully saturated rings. The summed E-state index contributed by atoms with van der Waals surface area (Å²) in [6.45, 7) is 3.84.